The summed E-state index contributed by atoms with van der Waals surface area (Å²) in [6.45, 7) is 1.35. The van der Waals surface area contributed by atoms with Crippen molar-refractivity contribution in [2.75, 3.05) is 19.8 Å². The Hall–Kier alpha value is -2.94. The van der Waals surface area contributed by atoms with Gasteiger partial charge in [-0.3, -0.25) is 14.7 Å². The molecule has 3 aromatic rings. The zero-order valence-electron chi connectivity index (χ0n) is 14.0. The molecule has 25 heavy (non-hydrogen) atoms. The van der Waals surface area contributed by atoms with Gasteiger partial charge in [-0.15, -0.1) is 0 Å². The predicted octanol–water partition coefficient (Wildman–Crippen LogP) is 0.209. The Morgan fingerprint density at radius 2 is 2.16 bits per heavy atom. The normalized spacial score (nSPS) is 18.0. The van der Waals surface area contributed by atoms with Gasteiger partial charge in [-0.05, 0) is 12.1 Å². The van der Waals surface area contributed by atoms with Crippen LogP contribution in [0.5, 0.6) is 0 Å². The number of morpholine rings is 1. The lowest BCUT2D eigenvalue weighted by molar-refractivity contribution is -0.00485. The highest BCUT2D eigenvalue weighted by Gasteiger charge is 2.33. The monoisotopic (exact) mass is 342 g/mol. The van der Waals surface area contributed by atoms with Crippen molar-refractivity contribution in [2.45, 2.75) is 6.04 Å². The molecular weight excluding hydrogens is 324 g/mol. The van der Waals surface area contributed by atoms with Crippen molar-refractivity contribution in [2.24, 2.45) is 14.1 Å². The molecule has 1 aliphatic rings. The van der Waals surface area contributed by atoms with Crippen molar-refractivity contribution in [3.63, 3.8) is 0 Å². The lowest BCUT2D eigenvalue weighted by Gasteiger charge is -2.35. The second-order valence-electron chi connectivity index (χ2n) is 6.09. The summed E-state index contributed by atoms with van der Waals surface area (Å²) >= 11 is 0. The second-order valence-corrected chi connectivity index (χ2v) is 6.09. The molecule has 1 aliphatic heterocycles. The zero-order chi connectivity index (χ0) is 17.6. The van der Waals surface area contributed by atoms with Gasteiger partial charge in [-0.25, -0.2) is 4.98 Å². The average molecular weight is 342 g/mol. The van der Waals surface area contributed by atoms with Crippen LogP contribution in [-0.4, -0.2) is 54.9 Å². The van der Waals surface area contributed by atoms with E-state index in [9.17, 15) is 9.59 Å². The number of amides is 1. The first-order chi connectivity index (χ1) is 12.1. The molecule has 0 radical (unpaired) electrons. The number of fused-ring (bicyclic) bond motifs is 1. The van der Waals surface area contributed by atoms with Crippen LogP contribution >= 0.6 is 0 Å². The highest BCUT2D eigenvalue weighted by molar-refractivity contribution is 6.03. The lowest BCUT2D eigenvalue weighted by Crippen LogP contribution is -2.44. The highest BCUT2D eigenvalue weighted by atomic mass is 16.5. The average Bonchev–Trinajstić information content (AvgIpc) is 3.24. The molecule has 0 aliphatic carbocycles. The van der Waals surface area contributed by atoms with Crippen LogP contribution in [0.15, 0.2) is 29.5 Å². The minimum atomic E-state index is -0.290. The fraction of sp³-hybridized carbons (Fsp3) is 0.375. The molecule has 0 saturated carbocycles. The van der Waals surface area contributed by atoms with Crippen molar-refractivity contribution in [3.8, 4) is 0 Å². The fourth-order valence-electron chi connectivity index (χ4n) is 3.18. The van der Waals surface area contributed by atoms with E-state index in [1.165, 1.54) is 10.9 Å². The maximum absolute atomic E-state index is 13.1. The van der Waals surface area contributed by atoms with Gasteiger partial charge in [0, 0.05) is 32.5 Å². The summed E-state index contributed by atoms with van der Waals surface area (Å²) < 4.78 is 8.88. The topological polar surface area (TPSA) is 98.0 Å². The Bertz CT molecular complexity index is 1000. The number of carbonyl (C=O) groups excluding carboxylic acids is 1. The molecular formula is C16H18N6O3. The number of nitrogens with one attached hydrogen (secondary N) is 1. The number of aromatic amines is 1. The van der Waals surface area contributed by atoms with Gasteiger partial charge in [0.05, 0.1) is 25.6 Å². The number of rotatable bonds is 2. The first kappa shape index (κ1) is 15.6. The van der Waals surface area contributed by atoms with Crippen LogP contribution < -0.4 is 5.56 Å². The molecule has 9 nitrogen and oxygen atoms in total. The SMILES string of the molecule is Cn1cccc1C1COCCN1C(=O)c1[nH]nc2c(=O)n(C)cnc12. The minimum absolute atomic E-state index is 0.164. The summed E-state index contributed by atoms with van der Waals surface area (Å²) in [6.07, 6.45) is 3.33. The van der Waals surface area contributed by atoms with Crippen LogP contribution in [0.3, 0.4) is 0 Å². The molecule has 4 heterocycles. The zero-order valence-corrected chi connectivity index (χ0v) is 14.0. The standard InChI is InChI=1S/C16H18N6O3/c1-20-5-3-4-10(20)11-8-25-7-6-22(11)16(24)14-12-13(18-19-14)15(23)21(2)9-17-12/h3-5,9,11H,6-8H2,1-2H3,(H,18,19). The Labute approximate surface area is 142 Å². The molecule has 9 heteroatoms. The predicted molar refractivity (Wildman–Crippen MR) is 89.1 cm³/mol. The van der Waals surface area contributed by atoms with E-state index in [4.69, 9.17) is 4.74 Å². The summed E-state index contributed by atoms with van der Waals surface area (Å²) in [4.78, 5) is 31.2. The smallest absolute Gasteiger partial charge is 0.281 e. The molecule has 1 unspecified atom stereocenters. The van der Waals surface area contributed by atoms with E-state index in [0.29, 0.717) is 25.3 Å². The van der Waals surface area contributed by atoms with Gasteiger partial charge >= 0.3 is 0 Å². The molecule has 1 amide bonds. The number of nitrogens with zero attached hydrogens (tertiary/aromatic N) is 5. The maximum Gasteiger partial charge on any atom is 0.281 e. The number of carbonyl (C=O) groups is 1. The number of aromatic nitrogens is 5. The van der Waals surface area contributed by atoms with E-state index in [2.05, 4.69) is 15.2 Å². The number of H-pyrrole nitrogens is 1. The number of hydrogen-bond donors (Lipinski definition) is 1. The van der Waals surface area contributed by atoms with Gasteiger partial charge in [-0.2, -0.15) is 5.10 Å². The van der Waals surface area contributed by atoms with Gasteiger partial charge in [0.25, 0.3) is 11.5 Å². The summed E-state index contributed by atoms with van der Waals surface area (Å²) in [5, 5.41) is 6.69. The molecule has 1 atom stereocenters. The van der Waals surface area contributed by atoms with Crippen molar-refractivity contribution in [1.82, 2.24) is 29.2 Å². The van der Waals surface area contributed by atoms with Gasteiger partial charge in [-0.1, -0.05) is 0 Å². The minimum Gasteiger partial charge on any atom is -0.377 e. The van der Waals surface area contributed by atoms with E-state index in [1.807, 2.05) is 29.9 Å². The van der Waals surface area contributed by atoms with Crippen molar-refractivity contribution in [1.29, 1.82) is 0 Å². The highest BCUT2D eigenvalue weighted by Crippen LogP contribution is 2.26. The van der Waals surface area contributed by atoms with Crippen molar-refractivity contribution in [3.05, 3.63) is 46.4 Å². The quantitative estimate of drug-likeness (QED) is 0.718. The summed E-state index contributed by atoms with van der Waals surface area (Å²) in [5.74, 6) is -0.238. The third-order valence-corrected chi connectivity index (χ3v) is 4.55. The molecule has 3 aromatic heterocycles. The Kier molecular flexibility index (Phi) is 3.65. The van der Waals surface area contributed by atoms with Crippen molar-refractivity contribution < 1.29 is 9.53 Å². The van der Waals surface area contributed by atoms with Crippen LogP contribution in [0.1, 0.15) is 22.2 Å². The molecule has 1 N–H and O–H groups in total. The first-order valence-corrected chi connectivity index (χ1v) is 7.97. The largest absolute Gasteiger partial charge is 0.377 e. The van der Waals surface area contributed by atoms with Crippen LogP contribution in [0.2, 0.25) is 0 Å². The lowest BCUT2D eigenvalue weighted by atomic mass is 10.1. The maximum atomic E-state index is 13.1. The van der Waals surface area contributed by atoms with Gasteiger partial charge in [0.2, 0.25) is 0 Å². The van der Waals surface area contributed by atoms with Crippen LogP contribution in [-0.2, 0) is 18.8 Å². The molecule has 1 saturated heterocycles. The van der Waals surface area contributed by atoms with Gasteiger partial charge in [0.1, 0.15) is 11.2 Å². The third-order valence-electron chi connectivity index (χ3n) is 4.55. The van der Waals surface area contributed by atoms with Crippen molar-refractivity contribution >= 4 is 16.9 Å². The van der Waals surface area contributed by atoms with E-state index >= 15 is 0 Å². The van der Waals surface area contributed by atoms with Gasteiger partial charge < -0.3 is 18.8 Å². The summed E-state index contributed by atoms with van der Waals surface area (Å²) in [5.41, 5.74) is 1.39. The molecule has 0 aromatic carbocycles. The molecule has 0 spiro atoms. The van der Waals surface area contributed by atoms with E-state index in [1.54, 1.807) is 11.9 Å². The molecule has 4 rings (SSSR count). The summed E-state index contributed by atoms with van der Waals surface area (Å²) in [6, 6.07) is 3.70. The van der Waals surface area contributed by atoms with Gasteiger partial charge in [0.15, 0.2) is 5.52 Å². The first-order valence-electron chi connectivity index (χ1n) is 7.97. The van der Waals surface area contributed by atoms with Crippen LogP contribution in [0.4, 0.5) is 0 Å². The third kappa shape index (κ3) is 2.43. The van der Waals surface area contributed by atoms with E-state index in [-0.39, 0.29) is 28.7 Å². The van der Waals surface area contributed by atoms with E-state index < -0.39 is 0 Å². The second kappa shape index (κ2) is 5.85. The molecule has 130 valence electrons. The van der Waals surface area contributed by atoms with Crippen LogP contribution in [0, 0.1) is 0 Å². The molecule has 0 bridgehead atoms. The fourth-order valence-corrected chi connectivity index (χ4v) is 3.18. The Morgan fingerprint density at radius 3 is 2.92 bits per heavy atom. The Balaban J connectivity index is 1.75. The Morgan fingerprint density at radius 1 is 1.32 bits per heavy atom. The number of ether oxygens (including phenoxy) is 1. The number of aryl methyl sites for hydroxylation is 2. The van der Waals surface area contributed by atoms with Crippen LogP contribution in [0.25, 0.3) is 11.0 Å². The molecule has 1 fully saturated rings. The van der Waals surface area contributed by atoms with E-state index in [0.717, 1.165) is 5.69 Å². The summed E-state index contributed by atoms with van der Waals surface area (Å²) in [7, 11) is 3.53. The number of hydrogen-bond acceptors (Lipinski definition) is 5.